The molecule has 0 saturated heterocycles. The number of rotatable bonds is 3. The van der Waals surface area contributed by atoms with Gasteiger partial charge in [-0.1, -0.05) is 0 Å². The number of nitrogens with zero attached hydrogens (tertiary/aromatic N) is 2. The van der Waals surface area contributed by atoms with Crippen LogP contribution in [0.4, 0.5) is 0 Å². The third-order valence-corrected chi connectivity index (χ3v) is 2.54. The summed E-state index contributed by atoms with van der Waals surface area (Å²) in [6.07, 6.45) is 7.71. The third kappa shape index (κ3) is 2.87. The van der Waals surface area contributed by atoms with E-state index in [0.717, 1.165) is 11.1 Å². The van der Waals surface area contributed by atoms with Gasteiger partial charge in [0.15, 0.2) is 24.8 Å². The molecule has 0 atom stereocenters. The highest BCUT2D eigenvalue weighted by Gasteiger charge is 2.06. The van der Waals surface area contributed by atoms with Gasteiger partial charge in [-0.25, -0.2) is 4.57 Å². The molecule has 0 aromatic carbocycles. The summed E-state index contributed by atoms with van der Waals surface area (Å²) < 4.78 is 3.74. The molecule has 0 spiro atoms. The Labute approximate surface area is 99.9 Å². The molecule has 86 valence electrons. The zero-order chi connectivity index (χ0) is 12.3. The smallest absolute Gasteiger partial charge is 0.283 e. The number of aromatic nitrogens is 2. The molecule has 0 aliphatic heterocycles. The van der Waals surface area contributed by atoms with E-state index in [1.165, 1.54) is 0 Å². The first-order valence-corrected chi connectivity index (χ1v) is 5.38. The number of aryl methyl sites for hydroxylation is 1. The average molecular weight is 229 g/mol. The van der Waals surface area contributed by atoms with Crippen molar-refractivity contribution in [3.05, 3.63) is 49.1 Å². The van der Waals surface area contributed by atoms with E-state index in [-0.39, 0.29) is 12.5 Å². The highest BCUT2D eigenvalue weighted by molar-refractivity contribution is 5.72. The molecule has 0 aliphatic rings. The normalized spacial score (nSPS) is 10.2. The van der Waals surface area contributed by atoms with Gasteiger partial charge >= 0.3 is 0 Å². The number of primary amides is 1. The van der Waals surface area contributed by atoms with E-state index >= 15 is 0 Å². The quantitative estimate of drug-likeness (QED) is 0.737. The van der Waals surface area contributed by atoms with E-state index in [4.69, 9.17) is 5.73 Å². The lowest BCUT2D eigenvalue weighted by Gasteiger charge is -1.99. The van der Waals surface area contributed by atoms with Gasteiger partial charge in [0.05, 0.1) is 0 Å². The molecule has 0 unspecified atom stereocenters. The second-order valence-corrected chi connectivity index (χ2v) is 3.98. The summed E-state index contributed by atoms with van der Waals surface area (Å²) in [4.78, 5) is 10.8. The van der Waals surface area contributed by atoms with Crippen LogP contribution in [0.1, 0.15) is 0 Å². The molecule has 0 saturated carbocycles. The molecule has 17 heavy (non-hydrogen) atoms. The first-order chi connectivity index (χ1) is 8.15. The second kappa shape index (κ2) is 4.74. The monoisotopic (exact) mass is 229 g/mol. The zero-order valence-electron chi connectivity index (χ0n) is 9.71. The standard InChI is InChI=1S/C13H14N3O/c1-15-6-2-11(3-7-15)12-4-8-16(9-5-12)10-13(14)17/h2-9H,10H2,1H3,(H-,14,17)/q+1/p+1. The van der Waals surface area contributed by atoms with Crippen molar-refractivity contribution in [1.82, 2.24) is 0 Å². The Hall–Kier alpha value is -2.23. The molecule has 1 amide bonds. The lowest BCUT2D eigenvalue weighted by molar-refractivity contribution is -0.684. The Morgan fingerprint density at radius 3 is 2.00 bits per heavy atom. The minimum Gasteiger partial charge on any atom is -0.364 e. The van der Waals surface area contributed by atoms with E-state index < -0.39 is 0 Å². The minimum absolute atomic E-state index is 0.212. The Kier molecular flexibility index (Phi) is 3.14. The Morgan fingerprint density at radius 1 is 1.06 bits per heavy atom. The predicted molar refractivity (Wildman–Crippen MR) is 62.4 cm³/mol. The summed E-state index contributed by atoms with van der Waals surface area (Å²) in [6.45, 7) is 0.212. The van der Waals surface area contributed by atoms with Crippen molar-refractivity contribution in [3.8, 4) is 11.1 Å². The highest BCUT2D eigenvalue weighted by atomic mass is 16.1. The molecule has 0 aliphatic carbocycles. The van der Waals surface area contributed by atoms with Crippen molar-refractivity contribution < 1.29 is 13.9 Å². The van der Waals surface area contributed by atoms with E-state index in [0.29, 0.717) is 0 Å². The van der Waals surface area contributed by atoms with Crippen LogP contribution in [0, 0.1) is 0 Å². The largest absolute Gasteiger partial charge is 0.364 e. The lowest BCUT2D eigenvalue weighted by atomic mass is 10.1. The molecule has 2 heterocycles. The van der Waals surface area contributed by atoms with Gasteiger partial charge in [0, 0.05) is 24.3 Å². The van der Waals surface area contributed by atoms with Crippen LogP contribution in [-0.4, -0.2) is 5.91 Å². The molecule has 0 fully saturated rings. The molecule has 4 nitrogen and oxygen atoms in total. The fourth-order valence-electron chi connectivity index (χ4n) is 1.63. The average Bonchev–Trinajstić information content (AvgIpc) is 2.30. The maximum absolute atomic E-state index is 10.8. The van der Waals surface area contributed by atoms with Gasteiger partial charge < -0.3 is 5.73 Å². The van der Waals surface area contributed by atoms with E-state index in [2.05, 4.69) is 0 Å². The van der Waals surface area contributed by atoms with Crippen LogP contribution in [0.2, 0.25) is 0 Å². The number of pyridine rings is 2. The molecule has 4 heteroatoms. The number of carbonyl (C=O) groups is 1. The first kappa shape index (κ1) is 11.3. The van der Waals surface area contributed by atoms with Gasteiger partial charge in [-0.05, 0) is 11.1 Å². The maximum atomic E-state index is 10.8. The van der Waals surface area contributed by atoms with Crippen LogP contribution in [0.3, 0.4) is 0 Å². The summed E-state index contributed by atoms with van der Waals surface area (Å²) in [5.74, 6) is -0.338. The van der Waals surface area contributed by atoms with Crippen LogP contribution in [0.25, 0.3) is 11.1 Å². The predicted octanol–water partition coefficient (Wildman–Crippen LogP) is -0.0491. The van der Waals surface area contributed by atoms with Crippen LogP contribution >= 0.6 is 0 Å². The molecule has 2 rings (SSSR count). The van der Waals surface area contributed by atoms with Gasteiger partial charge in [0.2, 0.25) is 6.54 Å². The Bertz CT molecular complexity index is 517. The molecular weight excluding hydrogens is 214 g/mol. The third-order valence-electron chi connectivity index (χ3n) is 2.54. The lowest BCUT2D eigenvalue weighted by Crippen LogP contribution is -2.39. The van der Waals surface area contributed by atoms with Gasteiger partial charge in [0.1, 0.15) is 7.05 Å². The van der Waals surface area contributed by atoms with Crippen molar-refractivity contribution in [2.75, 3.05) is 0 Å². The topological polar surface area (TPSA) is 50.9 Å². The van der Waals surface area contributed by atoms with Crippen molar-refractivity contribution in [2.24, 2.45) is 12.8 Å². The number of hydrogen-bond acceptors (Lipinski definition) is 1. The number of nitrogens with two attached hydrogens (primary N) is 1. The summed E-state index contributed by atoms with van der Waals surface area (Å²) >= 11 is 0. The van der Waals surface area contributed by atoms with E-state index in [9.17, 15) is 4.79 Å². The van der Waals surface area contributed by atoms with Crippen molar-refractivity contribution in [1.29, 1.82) is 0 Å². The van der Waals surface area contributed by atoms with E-state index in [1.807, 2.05) is 60.7 Å². The molecular formula is C13H15N3O+2. The van der Waals surface area contributed by atoms with Gasteiger partial charge in [-0.15, -0.1) is 0 Å². The number of hydrogen-bond donors (Lipinski definition) is 1. The maximum Gasteiger partial charge on any atom is 0.283 e. The zero-order valence-corrected chi connectivity index (χ0v) is 9.71. The first-order valence-electron chi connectivity index (χ1n) is 5.38. The van der Waals surface area contributed by atoms with Gasteiger partial charge in [-0.2, -0.15) is 4.57 Å². The van der Waals surface area contributed by atoms with Crippen LogP contribution < -0.4 is 14.9 Å². The molecule has 0 bridgehead atoms. The van der Waals surface area contributed by atoms with Gasteiger partial charge in [0.25, 0.3) is 5.91 Å². The fourth-order valence-corrected chi connectivity index (χ4v) is 1.63. The fraction of sp³-hybridized carbons (Fsp3) is 0.154. The number of amides is 1. The SMILES string of the molecule is C[n+]1ccc(-c2cc[n+](CC(N)=O)cc2)cc1. The summed E-state index contributed by atoms with van der Waals surface area (Å²) in [5, 5.41) is 0. The van der Waals surface area contributed by atoms with E-state index in [1.54, 1.807) is 4.57 Å². The van der Waals surface area contributed by atoms with Crippen molar-refractivity contribution >= 4 is 5.91 Å². The highest BCUT2D eigenvalue weighted by Crippen LogP contribution is 2.15. The minimum atomic E-state index is -0.338. The molecule has 2 aromatic rings. The van der Waals surface area contributed by atoms with Crippen molar-refractivity contribution in [2.45, 2.75) is 6.54 Å². The van der Waals surface area contributed by atoms with Crippen molar-refractivity contribution in [3.63, 3.8) is 0 Å². The molecule has 0 radical (unpaired) electrons. The summed E-state index contributed by atoms with van der Waals surface area (Å²) in [7, 11) is 1.98. The number of carbonyl (C=O) groups excluding carboxylic acids is 1. The Balaban J connectivity index is 2.23. The van der Waals surface area contributed by atoms with Crippen LogP contribution in [0.15, 0.2) is 49.1 Å². The molecule has 2 aromatic heterocycles. The van der Waals surface area contributed by atoms with Gasteiger partial charge in [-0.3, -0.25) is 4.79 Å². The van der Waals surface area contributed by atoms with Crippen LogP contribution in [0.5, 0.6) is 0 Å². The summed E-state index contributed by atoms with van der Waals surface area (Å²) in [6, 6.07) is 8.04. The second-order valence-electron chi connectivity index (χ2n) is 3.98. The van der Waals surface area contributed by atoms with Crippen LogP contribution in [-0.2, 0) is 18.4 Å². The Morgan fingerprint density at radius 2 is 1.53 bits per heavy atom. The molecule has 2 N–H and O–H groups in total. The summed E-state index contributed by atoms with van der Waals surface area (Å²) in [5.41, 5.74) is 7.39.